The van der Waals surface area contributed by atoms with Crippen LogP contribution in [0.2, 0.25) is 0 Å². The SMILES string of the molecule is CC(C)(C)OC(=O)C(=O)NCCN. The topological polar surface area (TPSA) is 81.4 Å². The molecule has 0 radical (unpaired) electrons. The lowest BCUT2D eigenvalue weighted by atomic mass is 10.2. The van der Waals surface area contributed by atoms with Crippen molar-refractivity contribution in [1.29, 1.82) is 0 Å². The maximum absolute atomic E-state index is 11.0. The third kappa shape index (κ3) is 6.10. The zero-order chi connectivity index (χ0) is 10.5. The second kappa shape index (κ2) is 4.81. The molecule has 0 unspecified atom stereocenters. The molecule has 0 heterocycles. The maximum atomic E-state index is 11.0. The molecular weight excluding hydrogens is 172 g/mol. The van der Waals surface area contributed by atoms with Crippen LogP contribution in [0.5, 0.6) is 0 Å². The number of rotatable bonds is 2. The zero-order valence-corrected chi connectivity index (χ0v) is 8.22. The minimum Gasteiger partial charge on any atom is -0.453 e. The molecule has 0 fully saturated rings. The van der Waals surface area contributed by atoms with Crippen LogP contribution in [0, 0.1) is 0 Å². The summed E-state index contributed by atoms with van der Waals surface area (Å²) in [6, 6.07) is 0. The van der Waals surface area contributed by atoms with Crippen LogP contribution in [0.1, 0.15) is 20.8 Å². The number of carbonyl (C=O) groups is 2. The van der Waals surface area contributed by atoms with E-state index in [1.165, 1.54) is 0 Å². The lowest BCUT2D eigenvalue weighted by molar-refractivity contribution is -0.163. The van der Waals surface area contributed by atoms with Crippen molar-refractivity contribution in [2.24, 2.45) is 5.73 Å². The molecule has 0 aliphatic carbocycles. The number of nitrogens with two attached hydrogens (primary N) is 1. The van der Waals surface area contributed by atoms with E-state index in [0.717, 1.165) is 0 Å². The number of hydrogen-bond acceptors (Lipinski definition) is 4. The third-order valence-electron chi connectivity index (χ3n) is 1.01. The fraction of sp³-hybridized carbons (Fsp3) is 0.750. The van der Waals surface area contributed by atoms with Crippen molar-refractivity contribution in [2.45, 2.75) is 26.4 Å². The summed E-state index contributed by atoms with van der Waals surface area (Å²) >= 11 is 0. The molecule has 5 nitrogen and oxygen atoms in total. The fourth-order valence-electron chi connectivity index (χ4n) is 0.582. The van der Waals surface area contributed by atoms with E-state index < -0.39 is 17.5 Å². The van der Waals surface area contributed by atoms with Gasteiger partial charge in [-0.05, 0) is 20.8 Å². The van der Waals surface area contributed by atoms with Crippen molar-refractivity contribution in [3.63, 3.8) is 0 Å². The number of hydrogen-bond donors (Lipinski definition) is 2. The summed E-state index contributed by atoms with van der Waals surface area (Å²) in [5.74, 6) is -1.62. The average molecular weight is 188 g/mol. The van der Waals surface area contributed by atoms with E-state index in [0.29, 0.717) is 6.54 Å². The predicted molar refractivity (Wildman–Crippen MR) is 47.9 cm³/mol. The Morgan fingerprint density at radius 1 is 1.38 bits per heavy atom. The molecule has 13 heavy (non-hydrogen) atoms. The van der Waals surface area contributed by atoms with Crippen molar-refractivity contribution >= 4 is 11.9 Å². The number of nitrogens with one attached hydrogen (secondary N) is 1. The Bertz CT molecular complexity index is 196. The van der Waals surface area contributed by atoms with Crippen LogP contribution in [-0.4, -0.2) is 30.6 Å². The van der Waals surface area contributed by atoms with E-state index in [2.05, 4.69) is 5.32 Å². The monoisotopic (exact) mass is 188 g/mol. The fourth-order valence-corrected chi connectivity index (χ4v) is 0.582. The number of ether oxygens (including phenoxy) is 1. The first-order valence-electron chi connectivity index (χ1n) is 4.08. The van der Waals surface area contributed by atoms with Gasteiger partial charge in [-0.15, -0.1) is 0 Å². The van der Waals surface area contributed by atoms with Crippen molar-refractivity contribution < 1.29 is 14.3 Å². The normalized spacial score (nSPS) is 10.8. The van der Waals surface area contributed by atoms with Gasteiger partial charge in [-0.25, -0.2) is 4.79 Å². The molecule has 0 saturated heterocycles. The summed E-state index contributed by atoms with van der Waals surface area (Å²) in [5, 5.41) is 2.32. The molecule has 1 amide bonds. The largest absolute Gasteiger partial charge is 0.453 e. The summed E-state index contributed by atoms with van der Waals surface area (Å²) in [5.41, 5.74) is 4.50. The molecule has 0 aromatic carbocycles. The van der Waals surface area contributed by atoms with Gasteiger partial charge >= 0.3 is 11.9 Å². The molecule has 0 aromatic rings. The molecule has 0 bridgehead atoms. The van der Waals surface area contributed by atoms with Gasteiger partial charge in [0, 0.05) is 13.1 Å². The van der Waals surface area contributed by atoms with Crippen LogP contribution in [0.25, 0.3) is 0 Å². The number of amides is 1. The van der Waals surface area contributed by atoms with Gasteiger partial charge < -0.3 is 15.8 Å². The highest BCUT2D eigenvalue weighted by atomic mass is 16.6. The average Bonchev–Trinajstić information content (AvgIpc) is 1.96. The Hall–Kier alpha value is -1.10. The molecule has 5 heteroatoms. The smallest absolute Gasteiger partial charge is 0.397 e. The van der Waals surface area contributed by atoms with Crippen LogP contribution in [0.15, 0.2) is 0 Å². The van der Waals surface area contributed by atoms with Gasteiger partial charge in [-0.3, -0.25) is 4.79 Å². The molecular formula is C8H16N2O3. The Morgan fingerprint density at radius 2 is 1.92 bits per heavy atom. The Morgan fingerprint density at radius 3 is 2.31 bits per heavy atom. The summed E-state index contributed by atoms with van der Waals surface area (Å²) in [4.78, 5) is 21.9. The van der Waals surface area contributed by atoms with Crippen molar-refractivity contribution in [2.75, 3.05) is 13.1 Å². The summed E-state index contributed by atoms with van der Waals surface area (Å²) in [6.07, 6.45) is 0. The van der Waals surface area contributed by atoms with E-state index in [1.807, 2.05) is 0 Å². The standard InChI is InChI=1S/C8H16N2O3/c1-8(2,3)13-7(12)6(11)10-5-4-9/h4-5,9H2,1-3H3,(H,10,11). The van der Waals surface area contributed by atoms with E-state index in [-0.39, 0.29) is 6.54 Å². The molecule has 76 valence electrons. The quantitative estimate of drug-likeness (QED) is 0.448. The molecule has 0 saturated carbocycles. The van der Waals surface area contributed by atoms with E-state index >= 15 is 0 Å². The predicted octanol–water partition coefficient (Wildman–Crippen LogP) is -0.597. The molecule has 0 aliphatic heterocycles. The van der Waals surface area contributed by atoms with Crippen LogP contribution in [0.3, 0.4) is 0 Å². The third-order valence-corrected chi connectivity index (χ3v) is 1.01. The Labute approximate surface area is 77.6 Å². The highest BCUT2D eigenvalue weighted by molar-refractivity contribution is 6.32. The lowest BCUT2D eigenvalue weighted by Gasteiger charge is -2.18. The highest BCUT2D eigenvalue weighted by Crippen LogP contribution is 2.06. The van der Waals surface area contributed by atoms with Gasteiger partial charge in [0.2, 0.25) is 0 Å². The van der Waals surface area contributed by atoms with Crippen LogP contribution < -0.4 is 11.1 Å². The van der Waals surface area contributed by atoms with Gasteiger partial charge in [0.15, 0.2) is 0 Å². The second-order valence-electron chi connectivity index (χ2n) is 3.55. The molecule has 0 aromatic heterocycles. The molecule has 3 N–H and O–H groups in total. The van der Waals surface area contributed by atoms with E-state index in [1.54, 1.807) is 20.8 Å². The van der Waals surface area contributed by atoms with Crippen molar-refractivity contribution in [1.82, 2.24) is 5.32 Å². The zero-order valence-electron chi connectivity index (χ0n) is 8.22. The van der Waals surface area contributed by atoms with Gasteiger partial charge in [0.1, 0.15) is 5.60 Å². The summed E-state index contributed by atoms with van der Waals surface area (Å²) in [6.45, 7) is 5.66. The first-order valence-corrected chi connectivity index (χ1v) is 4.08. The minimum atomic E-state index is -0.874. The van der Waals surface area contributed by atoms with E-state index in [9.17, 15) is 9.59 Å². The number of esters is 1. The van der Waals surface area contributed by atoms with E-state index in [4.69, 9.17) is 10.5 Å². The van der Waals surface area contributed by atoms with Crippen molar-refractivity contribution in [3.05, 3.63) is 0 Å². The Balaban J connectivity index is 3.91. The first kappa shape index (κ1) is 11.9. The molecule has 0 atom stereocenters. The van der Waals surface area contributed by atoms with Crippen LogP contribution in [0.4, 0.5) is 0 Å². The van der Waals surface area contributed by atoms with Gasteiger partial charge in [0.25, 0.3) is 0 Å². The highest BCUT2D eigenvalue weighted by Gasteiger charge is 2.21. The molecule has 0 rings (SSSR count). The van der Waals surface area contributed by atoms with Crippen molar-refractivity contribution in [3.8, 4) is 0 Å². The van der Waals surface area contributed by atoms with Crippen LogP contribution in [-0.2, 0) is 14.3 Å². The summed E-state index contributed by atoms with van der Waals surface area (Å²) < 4.78 is 4.80. The number of carbonyl (C=O) groups excluding carboxylic acids is 2. The Kier molecular flexibility index (Phi) is 4.40. The molecule has 0 spiro atoms. The van der Waals surface area contributed by atoms with Gasteiger partial charge in [0.05, 0.1) is 0 Å². The van der Waals surface area contributed by atoms with Gasteiger partial charge in [-0.2, -0.15) is 0 Å². The first-order chi connectivity index (χ1) is 5.87. The van der Waals surface area contributed by atoms with Gasteiger partial charge in [-0.1, -0.05) is 0 Å². The second-order valence-corrected chi connectivity index (χ2v) is 3.55. The maximum Gasteiger partial charge on any atom is 0.397 e. The molecule has 0 aliphatic rings. The minimum absolute atomic E-state index is 0.276. The lowest BCUT2D eigenvalue weighted by Crippen LogP contribution is -2.38. The summed E-state index contributed by atoms with van der Waals surface area (Å²) in [7, 11) is 0. The van der Waals surface area contributed by atoms with Crippen LogP contribution >= 0.6 is 0 Å².